The van der Waals surface area contributed by atoms with Crippen LogP contribution in [0.4, 0.5) is 0 Å². The maximum Gasteiger partial charge on any atom is 0.326 e. The highest BCUT2D eigenvalue weighted by Gasteiger charge is 2.38. The molecule has 1 saturated heterocycles. The molecule has 0 saturated carbocycles. The van der Waals surface area contributed by atoms with Crippen molar-refractivity contribution in [2.75, 3.05) is 13.1 Å². The molecule has 1 heterocycles. The molecule has 0 aliphatic carbocycles. The van der Waals surface area contributed by atoms with E-state index in [-0.39, 0.29) is 37.3 Å². The van der Waals surface area contributed by atoms with E-state index in [1.807, 2.05) is 30.3 Å². The summed E-state index contributed by atoms with van der Waals surface area (Å²) in [4.78, 5) is 39.1. The number of carboxylic acids is 1. The number of hydrogen-bond acceptors (Lipinski definition) is 4. The Labute approximate surface area is 153 Å². The fraction of sp³-hybridized carbons (Fsp3) is 0.471. The van der Waals surface area contributed by atoms with E-state index >= 15 is 0 Å². The van der Waals surface area contributed by atoms with Gasteiger partial charge in [-0.1, -0.05) is 30.3 Å². The fourth-order valence-electron chi connectivity index (χ4n) is 2.95. The van der Waals surface area contributed by atoms with Crippen LogP contribution in [0.3, 0.4) is 0 Å². The molecular formula is C17H24ClN3O4. The van der Waals surface area contributed by atoms with Crippen molar-refractivity contribution in [2.24, 2.45) is 5.73 Å². The quantitative estimate of drug-likeness (QED) is 0.774. The van der Waals surface area contributed by atoms with Crippen LogP contribution in [0.2, 0.25) is 0 Å². The standard InChI is InChI=1S/C17H23N3O4.ClH/c1-12(17(23)24)20(11-13-6-3-2-4-7-13)16(22)14-8-5-9-19(14)15(21)10-18;/h2-4,6-7,12,14H,5,8-11,18H2,1H3,(H,23,24);1H/t12-,14-;/m0./s1. The van der Waals surface area contributed by atoms with Crippen molar-refractivity contribution >= 4 is 30.2 Å². The molecule has 0 bridgehead atoms. The van der Waals surface area contributed by atoms with Gasteiger partial charge in [-0.15, -0.1) is 12.4 Å². The van der Waals surface area contributed by atoms with Crippen LogP contribution in [0, 0.1) is 0 Å². The third-order valence-electron chi connectivity index (χ3n) is 4.34. The summed E-state index contributed by atoms with van der Waals surface area (Å²) in [5.41, 5.74) is 6.25. The summed E-state index contributed by atoms with van der Waals surface area (Å²) in [6.45, 7) is 1.99. The Hall–Kier alpha value is -2.12. The van der Waals surface area contributed by atoms with Gasteiger partial charge in [-0.05, 0) is 25.3 Å². The third-order valence-corrected chi connectivity index (χ3v) is 4.34. The summed E-state index contributed by atoms with van der Waals surface area (Å²) in [6.07, 6.45) is 1.24. The number of hydrogen-bond donors (Lipinski definition) is 2. The molecule has 0 unspecified atom stereocenters. The van der Waals surface area contributed by atoms with Crippen LogP contribution in [0.25, 0.3) is 0 Å². The van der Waals surface area contributed by atoms with E-state index in [1.54, 1.807) is 0 Å². The van der Waals surface area contributed by atoms with Gasteiger partial charge in [0, 0.05) is 13.1 Å². The van der Waals surface area contributed by atoms with Crippen LogP contribution in [0.5, 0.6) is 0 Å². The molecule has 1 fully saturated rings. The highest BCUT2D eigenvalue weighted by atomic mass is 35.5. The molecule has 2 atom stereocenters. The first-order valence-corrected chi connectivity index (χ1v) is 8.02. The van der Waals surface area contributed by atoms with Crippen molar-refractivity contribution in [1.29, 1.82) is 0 Å². The molecule has 3 N–H and O–H groups in total. The molecule has 1 aliphatic rings. The Kier molecular flexibility index (Phi) is 7.86. The molecule has 1 aromatic carbocycles. The Bertz CT molecular complexity index is 611. The van der Waals surface area contributed by atoms with E-state index < -0.39 is 18.1 Å². The normalized spacial score (nSPS) is 17.5. The molecule has 1 aromatic rings. The first-order valence-electron chi connectivity index (χ1n) is 8.02. The molecule has 7 nitrogen and oxygen atoms in total. The molecule has 8 heteroatoms. The number of benzene rings is 1. The van der Waals surface area contributed by atoms with Crippen LogP contribution in [0.15, 0.2) is 30.3 Å². The van der Waals surface area contributed by atoms with Crippen LogP contribution in [-0.2, 0) is 20.9 Å². The number of aliphatic carboxylic acids is 1. The predicted molar refractivity (Wildman–Crippen MR) is 95.1 cm³/mol. The first-order chi connectivity index (χ1) is 11.5. The van der Waals surface area contributed by atoms with E-state index in [0.29, 0.717) is 19.4 Å². The van der Waals surface area contributed by atoms with Gasteiger partial charge in [-0.3, -0.25) is 9.59 Å². The topological polar surface area (TPSA) is 104 Å². The zero-order chi connectivity index (χ0) is 17.7. The number of carbonyl (C=O) groups excluding carboxylic acids is 2. The smallest absolute Gasteiger partial charge is 0.326 e. The van der Waals surface area contributed by atoms with Gasteiger partial charge in [0.15, 0.2) is 0 Å². The van der Waals surface area contributed by atoms with Crippen LogP contribution in [-0.4, -0.2) is 57.9 Å². The molecule has 1 aliphatic heterocycles. The van der Waals surface area contributed by atoms with Gasteiger partial charge < -0.3 is 20.6 Å². The number of nitrogens with two attached hydrogens (primary N) is 1. The zero-order valence-corrected chi connectivity index (χ0v) is 14.9. The maximum absolute atomic E-state index is 13.0. The fourth-order valence-corrected chi connectivity index (χ4v) is 2.95. The summed E-state index contributed by atoms with van der Waals surface area (Å²) in [6, 6.07) is 7.60. The molecule has 2 amide bonds. The van der Waals surface area contributed by atoms with Crippen LogP contribution < -0.4 is 5.73 Å². The van der Waals surface area contributed by atoms with E-state index in [4.69, 9.17) is 5.73 Å². The summed E-state index contributed by atoms with van der Waals surface area (Å²) in [5.74, 6) is -1.70. The number of carboxylic acid groups (broad SMARTS) is 1. The van der Waals surface area contributed by atoms with Gasteiger partial charge in [-0.2, -0.15) is 0 Å². The lowest BCUT2D eigenvalue weighted by Crippen LogP contribution is -2.52. The molecular weight excluding hydrogens is 346 g/mol. The molecule has 2 rings (SSSR count). The van der Waals surface area contributed by atoms with E-state index in [1.165, 1.54) is 16.7 Å². The molecule has 0 aromatic heterocycles. The molecule has 25 heavy (non-hydrogen) atoms. The molecule has 138 valence electrons. The summed E-state index contributed by atoms with van der Waals surface area (Å²) in [7, 11) is 0. The van der Waals surface area contributed by atoms with Crippen molar-refractivity contribution in [3.63, 3.8) is 0 Å². The number of likely N-dealkylation sites (tertiary alicyclic amines) is 1. The van der Waals surface area contributed by atoms with E-state index in [0.717, 1.165) is 5.56 Å². The number of amides is 2. The third kappa shape index (κ3) is 4.93. The SMILES string of the molecule is C[C@@H](C(=O)O)N(Cc1ccccc1)C(=O)[C@@H]1CCCN1C(=O)CN.Cl. The van der Waals surface area contributed by atoms with Gasteiger partial charge in [0.2, 0.25) is 11.8 Å². The lowest BCUT2D eigenvalue weighted by molar-refractivity contribution is -0.153. The van der Waals surface area contributed by atoms with Crippen LogP contribution in [0.1, 0.15) is 25.3 Å². The maximum atomic E-state index is 13.0. The second-order valence-electron chi connectivity index (χ2n) is 5.92. The van der Waals surface area contributed by atoms with Gasteiger partial charge >= 0.3 is 5.97 Å². The second kappa shape index (κ2) is 9.39. The predicted octanol–water partition coefficient (Wildman–Crippen LogP) is 0.860. The summed E-state index contributed by atoms with van der Waals surface area (Å²) >= 11 is 0. The van der Waals surface area contributed by atoms with Crippen molar-refractivity contribution in [1.82, 2.24) is 9.80 Å². The van der Waals surface area contributed by atoms with Crippen molar-refractivity contribution < 1.29 is 19.5 Å². The Morgan fingerprint density at radius 3 is 2.52 bits per heavy atom. The number of rotatable bonds is 6. The Balaban J connectivity index is 0.00000312. The van der Waals surface area contributed by atoms with Gasteiger partial charge in [0.1, 0.15) is 12.1 Å². The van der Waals surface area contributed by atoms with Crippen molar-refractivity contribution in [3.8, 4) is 0 Å². The minimum atomic E-state index is -1.08. The average molecular weight is 370 g/mol. The summed E-state index contributed by atoms with van der Waals surface area (Å²) in [5, 5.41) is 9.35. The lowest BCUT2D eigenvalue weighted by Gasteiger charge is -2.32. The second-order valence-corrected chi connectivity index (χ2v) is 5.92. The number of nitrogens with zero attached hydrogens (tertiary/aromatic N) is 2. The Morgan fingerprint density at radius 1 is 1.32 bits per heavy atom. The van der Waals surface area contributed by atoms with Gasteiger partial charge in [0.25, 0.3) is 0 Å². The highest BCUT2D eigenvalue weighted by molar-refractivity contribution is 5.91. The molecule has 0 spiro atoms. The van der Waals surface area contributed by atoms with E-state index in [9.17, 15) is 19.5 Å². The zero-order valence-electron chi connectivity index (χ0n) is 14.1. The highest BCUT2D eigenvalue weighted by Crippen LogP contribution is 2.22. The largest absolute Gasteiger partial charge is 0.480 e. The van der Waals surface area contributed by atoms with Crippen molar-refractivity contribution in [2.45, 2.75) is 38.4 Å². The number of carbonyl (C=O) groups is 3. The average Bonchev–Trinajstić information content (AvgIpc) is 3.08. The van der Waals surface area contributed by atoms with E-state index in [2.05, 4.69) is 0 Å². The minimum absolute atomic E-state index is 0. The van der Waals surface area contributed by atoms with Crippen LogP contribution >= 0.6 is 12.4 Å². The summed E-state index contributed by atoms with van der Waals surface area (Å²) < 4.78 is 0. The lowest BCUT2D eigenvalue weighted by atomic mass is 10.1. The minimum Gasteiger partial charge on any atom is -0.480 e. The van der Waals surface area contributed by atoms with Crippen molar-refractivity contribution in [3.05, 3.63) is 35.9 Å². The number of halogens is 1. The first kappa shape index (κ1) is 20.9. The monoisotopic (exact) mass is 369 g/mol. The van der Waals surface area contributed by atoms with Gasteiger partial charge in [-0.25, -0.2) is 4.79 Å². The Morgan fingerprint density at radius 2 is 1.96 bits per heavy atom. The van der Waals surface area contributed by atoms with Gasteiger partial charge in [0.05, 0.1) is 6.54 Å². The molecule has 0 radical (unpaired) electrons.